The van der Waals surface area contributed by atoms with Crippen molar-refractivity contribution >= 4 is 11.9 Å². The molecule has 2 rings (SSSR count). The van der Waals surface area contributed by atoms with Crippen molar-refractivity contribution < 1.29 is 19.1 Å². The Bertz CT molecular complexity index is 643. The standard InChI is InChI=1S/C16H17NO4/c1-11-3-8-14(21-11)10-17(2)15(18)9-12-4-6-13(7-5-12)16(19)20/h3-8H,9-10H2,1-2H3,(H,19,20). The van der Waals surface area contributed by atoms with Gasteiger partial charge in [-0.15, -0.1) is 0 Å². The Labute approximate surface area is 122 Å². The van der Waals surface area contributed by atoms with Crippen LogP contribution in [0.1, 0.15) is 27.4 Å². The lowest BCUT2D eigenvalue weighted by molar-refractivity contribution is -0.129. The number of benzene rings is 1. The van der Waals surface area contributed by atoms with Gasteiger partial charge in [-0.05, 0) is 36.8 Å². The lowest BCUT2D eigenvalue weighted by Gasteiger charge is -2.15. The number of likely N-dealkylation sites (N-methyl/N-ethyl adjacent to an activating group) is 1. The molecule has 1 N–H and O–H groups in total. The topological polar surface area (TPSA) is 70.8 Å². The first-order chi connectivity index (χ1) is 9.95. The second kappa shape index (κ2) is 6.26. The number of carbonyl (C=O) groups excluding carboxylic acids is 1. The van der Waals surface area contributed by atoms with Crippen LogP contribution in [0.5, 0.6) is 0 Å². The van der Waals surface area contributed by atoms with Gasteiger partial charge in [0.2, 0.25) is 5.91 Å². The molecule has 5 nitrogen and oxygen atoms in total. The van der Waals surface area contributed by atoms with Gasteiger partial charge in [-0.25, -0.2) is 4.79 Å². The van der Waals surface area contributed by atoms with E-state index in [9.17, 15) is 9.59 Å². The van der Waals surface area contributed by atoms with E-state index in [2.05, 4.69) is 0 Å². The molecule has 0 aliphatic rings. The molecule has 0 unspecified atom stereocenters. The van der Waals surface area contributed by atoms with Gasteiger partial charge in [-0.3, -0.25) is 4.79 Å². The number of carbonyl (C=O) groups is 2. The van der Waals surface area contributed by atoms with E-state index in [4.69, 9.17) is 9.52 Å². The molecule has 0 radical (unpaired) electrons. The Morgan fingerprint density at radius 3 is 2.33 bits per heavy atom. The van der Waals surface area contributed by atoms with Crippen LogP contribution in [0.25, 0.3) is 0 Å². The fourth-order valence-electron chi connectivity index (χ4n) is 1.97. The normalized spacial score (nSPS) is 10.4. The van der Waals surface area contributed by atoms with E-state index in [1.54, 1.807) is 24.1 Å². The van der Waals surface area contributed by atoms with Crippen LogP contribution in [0.2, 0.25) is 0 Å². The summed E-state index contributed by atoms with van der Waals surface area (Å²) in [6.45, 7) is 2.27. The van der Waals surface area contributed by atoms with Crippen molar-refractivity contribution in [3.05, 3.63) is 59.0 Å². The monoisotopic (exact) mass is 287 g/mol. The minimum absolute atomic E-state index is 0.0490. The third-order valence-corrected chi connectivity index (χ3v) is 3.17. The van der Waals surface area contributed by atoms with Crippen molar-refractivity contribution in [2.24, 2.45) is 0 Å². The predicted molar refractivity (Wildman–Crippen MR) is 77.0 cm³/mol. The van der Waals surface area contributed by atoms with Gasteiger partial charge in [0, 0.05) is 7.05 Å². The summed E-state index contributed by atoms with van der Waals surface area (Å²) in [5.74, 6) is 0.532. The largest absolute Gasteiger partial charge is 0.478 e. The van der Waals surface area contributed by atoms with E-state index < -0.39 is 5.97 Å². The summed E-state index contributed by atoms with van der Waals surface area (Å²) < 4.78 is 5.44. The van der Waals surface area contributed by atoms with Crippen molar-refractivity contribution in [2.75, 3.05) is 7.05 Å². The Hall–Kier alpha value is -2.56. The van der Waals surface area contributed by atoms with Crippen LogP contribution >= 0.6 is 0 Å². The van der Waals surface area contributed by atoms with Crippen LogP contribution in [0.4, 0.5) is 0 Å². The van der Waals surface area contributed by atoms with Gasteiger partial charge in [0.15, 0.2) is 0 Å². The highest BCUT2D eigenvalue weighted by Gasteiger charge is 2.12. The Morgan fingerprint density at radius 2 is 1.81 bits per heavy atom. The van der Waals surface area contributed by atoms with E-state index in [1.165, 1.54) is 12.1 Å². The SMILES string of the molecule is Cc1ccc(CN(C)C(=O)Cc2ccc(C(=O)O)cc2)o1. The van der Waals surface area contributed by atoms with Gasteiger partial charge in [-0.2, -0.15) is 0 Å². The number of carboxylic acids is 1. The molecule has 0 spiro atoms. The summed E-state index contributed by atoms with van der Waals surface area (Å²) in [6, 6.07) is 10.0. The molecule has 1 heterocycles. The lowest BCUT2D eigenvalue weighted by atomic mass is 10.1. The van der Waals surface area contributed by atoms with Crippen molar-refractivity contribution in [3.8, 4) is 0 Å². The molecule has 0 fully saturated rings. The fraction of sp³-hybridized carbons (Fsp3) is 0.250. The van der Waals surface area contributed by atoms with Crippen LogP contribution in [-0.2, 0) is 17.8 Å². The number of furan rings is 1. The molecular formula is C16H17NO4. The molecule has 0 bridgehead atoms. The first kappa shape index (κ1) is 14.8. The van der Waals surface area contributed by atoms with Gasteiger partial charge in [0.05, 0.1) is 18.5 Å². The second-order valence-electron chi connectivity index (χ2n) is 4.94. The Kier molecular flexibility index (Phi) is 4.42. The van der Waals surface area contributed by atoms with Crippen LogP contribution in [-0.4, -0.2) is 28.9 Å². The van der Waals surface area contributed by atoms with E-state index in [-0.39, 0.29) is 17.9 Å². The van der Waals surface area contributed by atoms with E-state index in [0.29, 0.717) is 6.54 Å². The molecule has 1 aromatic carbocycles. The summed E-state index contributed by atoms with van der Waals surface area (Å²) in [5, 5.41) is 8.83. The molecule has 1 aromatic heterocycles. The third kappa shape index (κ3) is 3.95. The van der Waals surface area contributed by atoms with Gasteiger partial charge in [-0.1, -0.05) is 12.1 Å². The molecule has 1 amide bonds. The van der Waals surface area contributed by atoms with Gasteiger partial charge in [0.1, 0.15) is 11.5 Å². The van der Waals surface area contributed by atoms with E-state index >= 15 is 0 Å². The second-order valence-corrected chi connectivity index (χ2v) is 4.94. The molecular weight excluding hydrogens is 270 g/mol. The highest BCUT2D eigenvalue weighted by Crippen LogP contribution is 2.11. The number of rotatable bonds is 5. The predicted octanol–water partition coefficient (Wildman–Crippen LogP) is 2.49. The maximum Gasteiger partial charge on any atom is 0.335 e. The number of nitrogens with zero attached hydrogens (tertiary/aromatic N) is 1. The van der Waals surface area contributed by atoms with Crippen molar-refractivity contribution in [2.45, 2.75) is 19.9 Å². The minimum Gasteiger partial charge on any atom is -0.478 e. The smallest absolute Gasteiger partial charge is 0.335 e. The summed E-state index contributed by atoms with van der Waals surface area (Å²) >= 11 is 0. The zero-order valence-corrected chi connectivity index (χ0v) is 12.0. The van der Waals surface area contributed by atoms with Crippen molar-refractivity contribution in [3.63, 3.8) is 0 Å². The third-order valence-electron chi connectivity index (χ3n) is 3.17. The lowest BCUT2D eigenvalue weighted by Crippen LogP contribution is -2.27. The summed E-state index contributed by atoms with van der Waals surface area (Å²) in [7, 11) is 1.71. The van der Waals surface area contributed by atoms with Crippen LogP contribution < -0.4 is 0 Å². The molecule has 0 saturated carbocycles. The zero-order valence-electron chi connectivity index (χ0n) is 12.0. The maximum atomic E-state index is 12.1. The van der Waals surface area contributed by atoms with Gasteiger partial charge < -0.3 is 14.4 Å². The van der Waals surface area contributed by atoms with Crippen molar-refractivity contribution in [1.82, 2.24) is 4.90 Å². The minimum atomic E-state index is -0.974. The number of aryl methyl sites for hydroxylation is 1. The number of hydrogen-bond donors (Lipinski definition) is 1. The summed E-state index contributed by atoms with van der Waals surface area (Å²) in [4.78, 5) is 24.5. The molecule has 110 valence electrons. The quantitative estimate of drug-likeness (QED) is 0.917. The summed E-state index contributed by atoms with van der Waals surface area (Å²) in [6.07, 6.45) is 0.232. The van der Waals surface area contributed by atoms with Crippen LogP contribution in [0, 0.1) is 6.92 Å². The Morgan fingerprint density at radius 1 is 1.14 bits per heavy atom. The molecule has 0 aliphatic heterocycles. The number of aromatic carboxylic acids is 1. The number of carboxylic acid groups (broad SMARTS) is 1. The highest BCUT2D eigenvalue weighted by atomic mass is 16.4. The molecule has 0 atom stereocenters. The van der Waals surface area contributed by atoms with Crippen LogP contribution in [0.15, 0.2) is 40.8 Å². The number of hydrogen-bond acceptors (Lipinski definition) is 3. The fourth-order valence-corrected chi connectivity index (χ4v) is 1.97. The Balaban J connectivity index is 1.95. The van der Waals surface area contributed by atoms with E-state index in [1.807, 2.05) is 19.1 Å². The van der Waals surface area contributed by atoms with Crippen molar-refractivity contribution in [1.29, 1.82) is 0 Å². The molecule has 5 heteroatoms. The number of amides is 1. The zero-order chi connectivity index (χ0) is 15.4. The maximum absolute atomic E-state index is 12.1. The molecule has 2 aromatic rings. The van der Waals surface area contributed by atoms with Gasteiger partial charge in [0.25, 0.3) is 0 Å². The molecule has 0 saturated heterocycles. The average molecular weight is 287 g/mol. The van der Waals surface area contributed by atoms with Gasteiger partial charge >= 0.3 is 5.97 Å². The van der Waals surface area contributed by atoms with E-state index in [0.717, 1.165) is 17.1 Å². The van der Waals surface area contributed by atoms with Crippen LogP contribution in [0.3, 0.4) is 0 Å². The highest BCUT2D eigenvalue weighted by molar-refractivity contribution is 5.87. The molecule has 21 heavy (non-hydrogen) atoms. The summed E-state index contributed by atoms with van der Waals surface area (Å²) in [5.41, 5.74) is 0.998. The first-order valence-electron chi connectivity index (χ1n) is 6.57. The average Bonchev–Trinajstić information content (AvgIpc) is 2.84. The first-order valence-corrected chi connectivity index (χ1v) is 6.57. The molecule has 0 aliphatic carbocycles.